The van der Waals surface area contributed by atoms with E-state index in [9.17, 15) is 10.0 Å². The molecule has 0 spiro atoms. The molecule has 0 N–H and O–H groups in total. The number of aryl methyl sites for hydroxylation is 1. The molecule has 21 heavy (non-hydrogen) atoms. The van der Waals surface area contributed by atoms with Gasteiger partial charge < -0.3 is 5.21 Å². The number of carbonyl (C=O) groups is 1. The van der Waals surface area contributed by atoms with Crippen LogP contribution in [0.3, 0.4) is 0 Å². The summed E-state index contributed by atoms with van der Waals surface area (Å²) in [6.07, 6.45) is 0. The van der Waals surface area contributed by atoms with Crippen LogP contribution in [-0.2, 0) is 0 Å². The molecule has 0 bridgehead atoms. The summed E-state index contributed by atoms with van der Waals surface area (Å²) in [5, 5.41) is 16.6. The first kappa shape index (κ1) is 13.1. The number of para-hydroxylation sites is 1. The van der Waals surface area contributed by atoms with E-state index in [0.717, 1.165) is 0 Å². The maximum Gasteiger partial charge on any atom is 0.248 e. The van der Waals surface area contributed by atoms with Crippen LogP contribution in [0.1, 0.15) is 21.7 Å². The SMILES string of the molecule is Cc1nn(-c2ccccc2)[n+]([O-])c1C(=O)c1ccccc1. The number of carbonyl (C=O) groups excluding carboxylic acids is 1. The van der Waals surface area contributed by atoms with Crippen LogP contribution in [-0.4, -0.2) is 15.7 Å². The number of hydrogen-bond donors (Lipinski definition) is 0. The minimum atomic E-state index is -0.328. The lowest BCUT2D eigenvalue weighted by atomic mass is 10.1. The Hall–Kier alpha value is -2.95. The largest absolute Gasteiger partial charge is 0.692 e. The van der Waals surface area contributed by atoms with E-state index in [1.165, 1.54) is 4.80 Å². The topological polar surface area (TPSA) is 61.8 Å². The maximum atomic E-state index is 12.5. The molecule has 0 unspecified atom stereocenters. The van der Waals surface area contributed by atoms with Gasteiger partial charge in [-0.1, -0.05) is 48.5 Å². The molecule has 3 rings (SSSR count). The monoisotopic (exact) mass is 279 g/mol. The summed E-state index contributed by atoms with van der Waals surface area (Å²) in [7, 11) is 0. The second-order valence-electron chi connectivity index (χ2n) is 4.63. The Bertz CT molecular complexity index is 780. The summed E-state index contributed by atoms with van der Waals surface area (Å²) < 4.78 is 0. The normalized spacial score (nSPS) is 10.5. The van der Waals surface area contributed by atoms with Crippen molar-refractivity contribution in [3.8, 4) is 5.69 Å². The highest BCUT2D eigenvalue weighted by atomic mass is 16.5. The summed E-state index contributed by atoms with van der Waals surface area (Å²) in [5.74, 6) is -0.328. The van der Waals surface area contributed by atoms with Crippen molar-refractivity contribution >= 4 is 5.78 Å². The molecule has 2 aromatic carbocycles. The van der Waals surface area contributed by atoms with Crippen LogP contribution in [0.15, 0.2) is 60.7 Å². The van der Waals surface area contributed by atoms with E-state index in [-0.39, 0.29) is 11.5 Å². The van der Waals surface area contributed by atoms with E-state index in [1.54, 1.807) is 43.3 Å². The van der Waals surface area contributed by atoms with E-state index in [0.29, 0.717) is 21.8 Å². The fourth-order valence-corrected chi connectivity index (χ4v) is 2.16. The zero-order valence-electron chi connectivity index (χ0n) is 11.4. The Morgan fingerprint density at radius 2 is 1.62 bits per heavy atom. The van der Waals surface area contributed by atoms with Crippen molar-refractivity contribution in [1.82, 2.24) is 9.90 Å². The third-order valence-corrected chi connectivity index (χ3v) is 3.19. The van der Waals surface area contributed by atoms with E-state index in [4.69, 9.17) is 0 Å². The van der Waals surface area contributed by atoms with Crippen LogP contribution >= 0.6 is 0 Å². The lowest BCUT2D eigenvalue weighted by Gasteiger charge is -2.06. The summed E-state index contributed by atoms with van der Waals surface area (Å²) in [4.78, 5) is 14.2. The molecule has 0 fully saturated rings. The van der Waals surface area contributed by atoms with Crippen molar-refractivity contribution in [2.45, 2.75) is 6.92 Å². The summed E-state index contributed by atoms with van der Waals surface area (Å²) >= 11 is 0. The van der Waals surface area contributed by atoms with Crippen LogP contribution < -0.4 is 4.85 Å². The molecule has 104 valence electrons. The first-order chi connectivity index (χ1) is 10.2. The Balaban J connectivity index is 2.09. The summed E-state index contributed by atoms with van der Waals surface area (Å²) in [6.45, 7) is 1.66. The predicted molar refractivity (Wildman–Crippen MR) is 77.1 cm³/mol. The third kappa shape index (κ3) is 2.29. The van der Waals surface area contributed by atoms with Gasteiger partial charge in [0.05, 0.1) is 0 Å². The number of benzene rings is 2. The number of nitrogens with zero attached hydrogens (tertiary/aromatic N) is 3. The minimum Gasteiger partial charge on any atom is -0.692 e. The van der Waals surface area contributed by atoms with Gasteiger partial charge in [-0.25, -0.2) is 0 Å². The highest BCUT2D eigenvalue weighted by molar-refractivity contribution is 6.07. The molecule has 1 heterocycles. The van der Waals surface area contributed by atoms with E-state index in [1.807, 2.05) is 24.3 Å². The first-order valence-electron chi connectivity index (χ1n) is 6.53. The van der Waals surface area contributed by atoms with Gasteiger partial charge in [0.1, 0.15) is 5.69 Å². The summed E-state index contributed by atoms with van der Waals surface area (Å²) in [6, 6.07) is 17.7. The van der Waals surface area contributed by atoms with Gasteiger partial charge in [0.2, 0.25) is 17.2 Å². The number of aromatic nitrogens is 3. The molecule has 0 aliphatic carbocycles. The van der Waals surface area contributed by atoms with Crippen LogP contribution in [0.4, 0.5) is 0 Å². The zero-order valence-corrected chi connectivity index (χ0v) is 11.4. The minimum absolute atomic E-state index is 0.0463. The predicted octanol–water partition coefficient (Wildman–Crippen LogP) is 2.05. The standard InChI is InChI=1S/C16H13N3O2/c1-12-15(16(20)13-8-4-2-5-9-13)19(21)18(17-12)14-10-6-3-7-11-14/h2-11H,1H3. The van der Waals surface area contributed by atoms with Crippen LogP contribution in [0.2, 0.25) is 0 Å². The van der Waals surface area contributed by atoms with Gasteiger partial charge in [-0.15, -0.1) is 4.85 Å². The Kier molecular flexibility index (Phi) is 3.23. The molecule has 3 aromatic rings. The number of rotatable bonds is 3. The summed E-state index contributed by atoms with van der Waals surface area (Å²) in [5.41, 5.74) is 1.54. The van der Waals surface area contributed by atoms with Gasteiger partial charge in [0.25, 0.3) is 0 Å². The van der Waals surface area contributed by atoms with Gasteiger partial charge in [-0.3, -0.25) is 4.79 Å². The van der Waals surface area contributed by atoms with E-state index >= 15 is 0 Å². The smallest absolute Gasteiger partial charge is 0.248 e. The fraction of sp³-hybridized carbons (Fsp3) is 0.0625. The Labute approximate surface area is 121 Å². The molecule has 0 aliphatic rings. The molecule has 1 aromatic heterocycles. The lowest BCUT2D eigenvalue weighted by Crippen LogP contribution is -2.42. The molecule has 0 atom stereocenters. The van der Waals surface area contributed by atoms with Crippen molar-refractivity contribution in [3.63, 3.8) is 0 Å². The molecule has 0 saturated carbocycles. The van der Waals surface area contributed by atoms with E-state index < -0.39 is 0 Å². The van der Waals surface area contributed by atoms with Crippen molar-refractivity contribution in [2.75, 3.05) is 0 Å². The fourth-order valence-electron chi connectivity index (χ4n) is 2.16. The lowest BCUT2D eigenvalue weighted by molar-refractivity contribution is -0.690. The molecule has 5 heteroatoms. The second kappa shape index (κ2) is 5.20. The molecular weight excluding hydrogens is 266 g/mol. The van der Waals surface area contributed by atoms with Gasteiger partial charge in [0.15, 0.2) is 0 Å². The van der Waals surface area contributed by atoms with Crippen LogP contribution in [0, 0.1) is 12.1 Å². The highest BCUT2D eigenvalue weighted by Gasteiger charge is 2.27. The van der Waals surface area contributed by atoms with Crippen LogP contribution in [0.25, 0.3) is 5.69 Å². The van der Waals surface area contributed by atoms with Gasteiger partial charge in [-0.05, 0) is 16.9 Å². The van der Waals surface area contributed by atoms with Crippen molar-refractivity contribution < 1.29 is 9.64 Å². The molecule has 0 radical (unpaired) electrons. The Morgan fingerprint density at radius 1 is 1.05 bits per heavy atom. The molecule has 0 aliphatic heterocycles. The molecule has 0 saturated heterocycles. The van der Waals surface area contributed by atoms with Crippen molar-refractivity contribution in [1.29, 1.82) is 0 Å². The Morgan fingerprint density at radius 3 is 2.24 bits per heavy atom. The van der Waals surface area contributed by atoms with E-state index in [2.05, 4.69) is 5.10 Å². The average molecular weight is 279 g/mol. The van der Waals surface area contributed by atoms with Gasteiger partial charge in [-0.2, -0.15) is 0 Å². The van der Waals surface area contributed by atoms with Crippen LogP contribution in [0.5, 0.6) is 0 Å². The van der Waals surface area contributed by atoms with Gasteiger partial charge in [0, 0.05) is 17.6 Å². The average Bonchev–Trinajstić information content (AvgIpc) is 2.83. The molecule has 0 amide bonds. The quantitative estimate of drug-likeness (QED) is 0.419. The zero-order chi connectivity index (χ0) is 14.8. The molecule has 5 nitrogen and oxygen atoms in total. The second-order valence-corrected chi connectivity index (χ2v) is 4.63. The highest BCUT2D eigenvalue weighted by Crippen LogP contribution is 2.11. The van der Waals surface area contributed by atoms with Gasteiger partial charge >= 0.3 is 0 Å². The van der Waals surface area contributed by atoms with Crippen molar-refractivity contribution in [3.05, 3.63) is 82.8 Å². The first-order valence-corrected chi connectivity index (χ1v) is 6.53. The maximum absolute atomic E-state index is 12.5. The molecular formula is C16H13N3O2. The third-order valence-electron chi connectivity index (χ3n) is 3.19. The van der Waals surface area contributed by atoms with Crippen molar-refractivity contribution in [2.24, 2.45) is 0 Å². The number of ketones is 1. The number of hydrogen-bond acceptors (Lipinski definition) is 3.